The number of ether oxygens (including phenoxy) is 1. The van der Waals surface area contributed by atoms with E-state index in [9.17, 15) is 8.42 Å². The molecule has 0 aliphatic heterocycles. The molecule has 0 aliphatic rings. The second-order valence-electron chi connectivity index (χ2n) is 6.12. The van der Waals surface area contributed by atoms with E-state index in [-0.39, 0.29) is 12.3 Å². The van der Waals surface area contributed by atoms with Crippen LogP contribution in [-0.4, -0.2) is 26.3 Å². The summed E-state index contributed by atoms with van der Waals surface area (Å²) in [4.78, 5) is 4.09. The Hall–Kier alpha value is -2.86. The zero-order chi connectivity index (χ0) is 19.1. The van der Waals surface area contributed by atoms with E-state index in [2.05, 4.69) is 4.98 Å². The molecule has 0 aliphatic carbocycles. The Labute approximate surface area is 160 Å². The number of methoxy groups -OCH3 is 1. The Bertz CT molecular complexity index is 961. The van der Waals surface area contributed by atoms with Crippen molar-refractivity contribution in [3.05, 3.63) is 90.3 Å². The summed E-state index contributed by atoms with van der Waals surface area (Å²) in [5, 5.41) is 0. The quantitative estimate of drug-likeness (QED) is 0.596. The van der Waals surface area contributed by atoms with Crippen molar-refractivity contribution in [2.75, 3.05) is 17.2 Å². The van der Waals surface area contributed by atoms with Crippen LogP contribution in [0, 0.1) is 0 Å². The van der Waals surface area contributed by atoms with E-state index in [1.54, 1.807) is 49.8 Å². The summed E-state index contributed by atoms with van der Waals surface area (Å²) in [6, 6.07) is 20.4. The van der Waals surface area contributed by atoms with E-state index in [0.29, 0.717) is 17.9 Å². The van der Waals surface area contributed by atoms with Gasteiger partial charge in [-0.25, -0.2) is 8.42 Å². The Balaban J connectivity index is 1.89. The summed E-state index contributed by atoms with van der Waals surface area (Å²) >= 11 is 0. The van der Waals surface area contributed by atoms with Gasteiger partial charge in [-0.15, -0.1) is 0 Å². The van der Waals surface area contributed by atoms with E-state index in [4.69, 9.17) is 4.74 Å². The first kappa shape index (κ1) is 18.9. The number of sulfonamides is 1. The van der Waals surface area contributed by atoms with Gasteiger partial charge >= 0.3 is 0 Å². The van der Waals surface area contributed by atoms with Crippen molar-refractivity contribution < 1.29 is 13.2 Å². The minimum Gasteiger partial charge on any atom is -0.497 e. The second kappa shape index (κ2) is 8.68. The van der Waals surface area contributed by atoms with Crippen LogP contribution in [0.2, 0.25) is 0 Å². The molecule has 6 heteroatoms. The Morgan fingerprint density at radius 2 is 1.74 bits per heavy atom. The summed E-state index contributed by atoms with van der Waals surface area (Å²) in [5.74, 6) is 0.635. The average molecular weight is 382 g/mol. The molecule has 1 heterocycles. The lowest BCUT2D eigenvalue weighted by atomic mass is 10.2. The highest BCUT2D eigenvalue weighted by molar-refractivity contribution is 7.92. The number of aryl methyl sites for hydroxylation is 1. The van der Waals surface area contributed by atoms with E-state index < -0.39 is 10.0 Å². The zero-order valence-corrected chi connectivity index (χ0v) is 16.0. The van der Waals surface area contributed by atoms with Crippen molar-refractivity contribution in [3.63, 3.8) is 0 Å². The number of hydrogen-bond acceptors (Lipinski definition) is 4. The Morgan fingerprint density at radius 3 is 2.44 bits per heavy atom. The fourth-order valence-corrected chi connectivity index (χ4v) is 4.27. The maximum Gasteiger partial charge on any atom is 0.235 e. The number of hydrogen-bond donors (Lipinski definition) is 0. The fourth-order valence-electron chi connectivity index (χ4n) is 2.78. The molecule has 0 radical (unpaired) electrons. The maximum atomic E-state index is 13.2. The van der Waals surface area contributed by atoms with Gasteiger partial charge in [0.25, 0.3) is 0 Å². The van der Waals surface area contributed by atoms with Gasteiger partial charge in [0.05, 0.1) is 25.1 Å². The number of aromatic nitrogens is 1. The first-order valence-electron chi connectivity index (χ1n) is 8.66. The van der Waals surface area contributed by atoms with E-state index in [0.717, 1.165) is 11.1 Å². The molecule has 2 aromatic carbocycles. The predicted octanol–water partition coefficient (Wildman–Crippen LogP) is 3.67. The topological polar surface area (TPSA) is 59.5 Å². The van der Waals surface area contributed by atoms with Crippen molar-refractivity contribution in [2.24, 2.45) is 0 Å². The van der Waals surface area contributed by atoms with Crippen molar-refractivity contribution in [1.82, 2.24) is 4.98 Å². The molecule has 0 fully saturated rings. The number of benzene rings is 2. The molecule has 0 saturated carbocycles. The van der Waals surface area contributed by atoms with Gasteiger partial charge in [0.2, 0.25) is 10.0 Å². The Kier molecular flexibility index (Phi) is 6.08. The average Bonchev–Trinajstić information content (AvgIpc) is 2.72. The lowest BCUT2D eigenvalue weighted by Gasteiger charge is -2.25. The molecule has 0 saturated heterocycles. The molecule has 1 aromatic heterocycles. The first-order chi connectivity index (χ1) is 13.1. The highest BCUT2D eigenvalue weighted by atomic mass is 32.2. The fraction of sp³-hybridized carbons (Fsp3) is 0.190. The highest BCUT2D eigenvalue weighted by Gasteiger charge is 2.23. The van der Waals surface area contributed by atoms with Crippen LogP contribution in [0.15, 0.2) is 79.1 Å². The van der Waals surface area contributed by atoms with Gasteiger partial charge in [-0.2, -0.15) is 0 Å². The van der Waals surface area contributed by atoms with Crippen molar-refractivity contribution in [1.29, 1.82) is 0 Å². The number of anilines is 1. The molecule has 27 heavy (non-hydrogen) atoms. The smallest absolute Gasteiger partial charge is 0.235 e. The van der Waals surface area contributed by atoms with Crippen molar-refractivity contribution in [2.45, 2.75) is 13.0 Å². The third kappa shape index (κ3) is 5.08. The van der Waals surface area contributed by atoms with Crippen LogP contribution in [-0.2, 0) is 23.0 Å². The van der Waals surface area contributed by atoms with Crippen LogP contribution in [0.5, 0.6) is 5.75 Å². The van der Waals surface area contributed by atoms with Crippen LogP contribution in [0.4, 0.5) is 5.69 Å². The minimum absolute atomic E-state index is 0.0223. The van der Waals surface area contributed by atoms with E-state index in [1.165, 1.54) is 4.31 Å². The third-order valence-electron chi connectivity index (χ3n) is 4.22. The van der Waals surface area contributed by atoms with Crippen LogP contribution < -0.4 is 9.04 Å². The summed E-state index contributed by atoms with van der Waals surface area (Å²) in [6.07, 6.45) is 3.81. The number of pyridine rings is 1. The summed E-state index contributed by atoms with van der Waals surface area (Å²) in [6.45, 7) is 0.220. The van der Waals surface area contributed by atoms with Gasteiger partial charge < -0.3 is 4.74 Å². The number of nitrogens with zero attached hydrogens (tertiary/aromatic N) is 2. The van der Waals surface area contributed by atoms with Gasteiger partial charge in [0, 0.05) is 18.5 Å². The van der Waals surface area contributed by atoms with E-state index in [1.807, 2.05) is 36.4 Å². The van der Waals surface area contributed by atoms with Gasteiger partial charge in [0.1, 0.15) is 5.75 Å². The largest absolute Gasteiger partial charge is 0.497 e. The summed E-state index contributed by atoms with van der Waals surface area (Å²) < 4.78 is 33.0. The predicted molar refractivity (Wildman–Crippen MR) is 107 cm³/mol. The Morgan fingerprint density at radius 1 is 0.963 bits per heavy atom. The molecule has 0 unspecified atom stereocenters. The highest BCUT2D eigenvalue weighted by Crippen LogP contribution is 2.26. The molecule has 3 aromatic rings. The second-order valence-corrected chi connectivity index (χ2v) is 8.13. The van der Waals surface area contributed by atoms with Crippen LogP contribution >= 0.6 is 0 Å². The SMILES string of the molecule is COc1cccc(N(Cc2cccnc2)S(=O)(=O)CCc2ccccc2)c1. The lowest BCUT2D eigenvalue weighted by molar-refractivity contribution is 0.415. The number of rotatable bonds is 8. The molecular weight excluding hydrogens is 360 g/mol. The van der Waals surface area contributed by atoms with E-state index >= 15 is 0 Å². The van der Waals surface area contributed by atoms with Crippen LogP contribution in [0.1, 0.15) is 11.1 Å². The molecule has 0 atom stereocenters. The maximum absolute atomic E-state index is 13.2. The molecule has 0 bridgehead atoms. The molecule has 0 spiro atoms. The van der Waals surface area contributed by atoms with Gasteiger partial charge in [-0.3, -0.25) is 9.29 Å². The molecule has 0 amide bonds. The van der Waals surface area contributed by atoms with Gasteiger partial charge in [-0.1, -0.05) is 42.5 Å². The lowest BCUT2D eigenvalue weighted by Crippen LogP contribution is -2.33. The first-order valence-corrected chi connectivity index (χ1v) is 10.3. The standard InChI is InChI=1S/C21H22N2O3S/c1-26-21-11-5-10-20(15-21)23(17-19-9-6-13-22-16-19)27(24,25)14-12-18-7-3-2-4-8-18/h2-11,13,15-16H,12,14,17H2,1H3. The summed E-state index contributed by atoms with van der Waals surface area (Å²) in [7, 11) is -1.98. The normalized spacial score (nSPS) is 11.1. The van der Waals surface area contributed by atoms with Crippen molar-refractivity contribution >= 4 is 15.7 Å². The zero-order valence-electron chi connectivity index (χ0n) is 15.2. The molecule has 3 rings (SSSR count). The monoisotopic (exact) mass is 382 g/mol. The van der Waals surface area contributed by atoms with Crippen LogP contribution in [0.3, 0.4) is 0 Å². The summed E-state index contributed by atoms with van der Waals surface area (Å²) in [5.41, 5.74) is 2.39. The van der Waals surface area contributed by atoms with Gasteiger partial charge in [-0.05, 0) is 35.7 Å². The molecular formula is C21H22N2O3S. The van der Waals surface area contributed by atoms with Gasteiger partial charge in [0.15, 0.2) is 0 Å². The third-order valence-corrected chi connectivity index (χ3v) is 5.95. The molecule has 0 N–H and O–H groups in total. The minimum atomic E-state index is -3.55. The van der Waals surface area contributed by atoms with Crippen LogP contribution in [0.25, 0.3) is 0 Å². The molecule has 140 valence electrons. The molecule has 5 nitrogen and oxygen atoms in total. The van der Waals surface area contributed by atoms with Crippen molar-refractivity contribution in [3.8, 4) is 5.75 Å².